The van der Waals surface area contributed by atoms with Gasteiger partial charge in [-0.3, -0.25) is 14.6 Å². The van der Waals surface area contributed by atoms with Crippen LogP contribution < -0.4 is 20.1 Å². The first kappa shape index (κ1) is 23.8. The second kappa shape index (κ2) is 11.7. The number of carbonyl (C=O) groups is 2. The molecule has 0 fully saturated rings. The number of hydrogen-bond donors (Lipinski definition) is 2. The molecule has 7 heteroatoms. The second-order valence-electron chi connectivity index (χ2n) is 7.77. The zero-order valence-electron chi connectivity index (χ0n) is 19.1. The van der Waals surface area contributed by atoms with E-state index >= 15 is 0 Å². The van der Waals surface area contributed by atoms with E-state index in [4.69, 9.17) is 9.47 Å². The van der Waals surface area contributed by atoms with Crippen LogP contribution in [-0.4, -0.2) is 23.4 Å². The Bertz CT molecular complexity index is 1080. The molecule has 0 radical (unpaired) electrons. The first-order chi connectivity index (χ1) is 16.0. The van der Waals surface area contributed by atoms with Crippen LogP contribution in [0.3, 0.4) is 0 Å². The molecule has 2 amide bonds. The molecule has 0 unspecified atom stereocenters. The molecule has 0 saturated carbocycles. The smallest absolute Gasteiger partial charge is 0.251 e. The van der Waals surface area contributed by atoms with Gasteiger partial charge in [-0.15, -0.1) is 0 Å². The van der Waals surface area contributed by atoms with Gasteiger partial charge >= 0.3 is 0 Å². The fourth-order valence-electron chi connectivity index (χ4n) is 3.01. The quantitative estimate of drug-likeness (QED) is 0.475. The molecule has 0 aliphatic heterocycles. The first-order valence-electron chi connectivity index (χ1n) is 10.9. The van der Waals surface area contributed by atoms with Crippen LogP contribution in [0.25, 0.3) is 0 Å². The van der Waals surface area contributed by atoms with Crippen molar-refractivity contribution >= 4 is 17.5 Å². The molecule has 3 aromatic rings. The molecule has 2 aromatic carbocycles. The number of ether oxygens (including phenoxy) is 2. The fourth-order valence-corrected chi connectivity index (χ4v) is 3.01. The molecule has 33 heavy (non-hydrogen) atoms. The van der Waals surface area contributed by atoms with Gasteiger partial charge in [0.1, 0.15) is 6.61 Å². The van der Waals surface area contributed by atoms with Crippen molar-refractivity contribution in [3.05, 3.63) is 83.7 Å². The highest BCUT2D eigenvalue weighted by molar-refractivity contribution is 5.95. The monoisotopic (exact) mass is 447 g/mol. The number of rotatable bonds is 10. The van der Waals surface area contributed by atoms with E-state index in [-0.39, 0.29) is 17.7 Å². The van der Waals surface area contributed by atoms with Gasteiger partial charge in [0, 0.05) is 36.1 Å². The number of carbonyl (C=O) groups excluding carboxylic acids is 2. The van der Waals surface area contributed by atoms with Crippen LogP contribution in [0.4, 0.5) is 5.69 Å². The predicted octanol–water partition coefficient (Wildman–Crippen LogP) is 4.58. The molecule has 1 heterocycles. The van der Waals surface area contributed by atoms with Gasteiger partial charge in [0.15, 0.2) is 11.5 Å². The maximum absolute atomic E-state index is 12.7. The van der Waals surface area contributed by atoms with Crippen molar-refractivity contribution in [2.75, 3.05) is 11.9 Å². The summed E-state index contributed by atoms with van der Waals surface area (Å²) in [5, 5.41) is 5.78. The van der Waals surface area contributed by atoms with Gasteiger partial charge in [-0.05, 0) is 60.5 Å². The van der Waals surface area contributed by atoms with Crippen LogP contribution in [0.5, 0.6) is 11.5 Å². The van der Waals surface area contributed by atoms with E-state index in [1.807, 2.05) is 57.2 Å². The van der Waals surface area contributed by atoms with Crippen LogP contribution in [0.1, 0.15) is 42.3 Å². The number of hydrogen-bond acceptors (Lipinski definition) is 5. The van der Waals surface area contributed by atoms with Crippen molar-refractivity contribution in [2.45, 2.75) is 33.9 Å². The third-order valence-electron chi connectivity index (χ3n) is 4.82. The summed E-state index contributed by atoms with van der Waals surface area (Å²) in [4.78, 5) is 28.6. The van der Waals surface area contributed by atoms with E-state index < -0.39 is 0 Å². The largest absolute Gasteiger partial charge is 0.490 e. The Morgan fingerprint density at radius 2 is 1.73 bits per heavy atom. The van der Waals surface area contributed by atoms with Crippen molar-refractivity contribution in [1.29, 1.82) is 0 Å². The van der Waals surface area contributed by atoms with Gasteiger partial charge in [-0.1, -0.05) is 26.0 Å². The molecule has 0 atom stereocenters. The van der Waals surface area contributed by atoms with Crippen molar-refractivity contribution in [2.24, 2.45) is 5.92 Å². The van der Waals surface area contributed by atoms with Crippen LogP contribution in [0.15, 0.2) is 67.0 Å². The van der Waals surface area contributed by atoms with E-state index in [1.165, 1.54) is 0 Å². The normalized spacial score (nSPS) is 10.5. The maximum atomic E-state index is 12.7. The second-order valence-corrected chi connectivity index (χ2v) is 7.77. The Morgan fingerprint density at radius 1 is 0.939 bits per heavy atom. The number of anilines is 1. The van der Waals surface area contributed by atoms with E-state index in [9.17, 15) is 9.59 Å². The van der Waals surface area contributed by atoms with Crippen molar-refractivity contribution < 1.29 is 19.1 Å². The summed E-state index contributed by atoms with van der Waals surface area (Å²) < 4.78 is 11.6. The lowest BCUT2D eigenvalue weighted by atomic mass is 10.1. The van der Waals surface area contributed by atoms with Gasteiger partial charge in [0.25, 0.3) is 5.91 Å². The number of amides is 2. The number of nitrogens with one attached hydrogen (secondary N) is 2. The lowest BCUT2D eigenvalue weighted by molar-refractivity contribution is -0.118. The van der Waals surface area contributed by atoms with Gasteiger partial charge in [0.2, 0.25) is 5.91 Å². The van der Waals surface area contributed by atoms with Gasteiger partial charge in [-0.25, -0.2) is 0 Å². The Kier molecular flexibility index (Phi) is 8.41. The lowest BCUT2D eigenvalue weighted by Gasteiger charge is -2.14. The molecule has 0 aliphatic carbocycles. The molecule has 0 saturated heterocycles. The minimum absolute atomic E-state index is 0.0501. The lowest BCUT2D eigenvalue weighted by Crippen LogP contribution is -2.23. The molecule has 0 bridgehead atoms. The molecule has 0 spiro atoms. The van der Waals surface area contributed by atoms with Gasteiger partial charge in [-0.2, -0.15) is 0 Å². The molecule has 172 valence electrons. The van der Waals surface area contributed by atoms with Gasteiger partial charge < -0.3 is 20.1 Å². The highest BCUT2D eigenvalue weighted by atomic mass is 16.5. The summed E-state index contributed by atoms with van der Waals surface area (Å²) in [6.07, 6.45) is 3.42. The third-order valence-corrected chi connectivity index (χ3v) is 4.82. The Morgan fingerprint density at radius 3 is 2.45 bits per heavy atom. The van der Waals surface area contributed by atoms with Crippen molar-refractivity contribution in [3.63, 3.8) is 0 Å². The summed E-state index contributed by atoms with van der Waals surface area (Å²) in [7, 11) is 0. The SMILES string of the molecule is CCOc1cc(C(=O)NCc2cccc(NC(=O)C(C)C)c2)ccc1OCc1ccncc1. The fraction of sp³-hybridized carbons (Fsp3) is 0.269. The number of benzene rings is 2. The average Bonchev–Trinajstić information content (AvgIpc) is 2.82. The van der Waals surface area contributed by atoms with Gasteiger partial charge in [0.05, 0.1) is 6.61 Å². The number of pyridine rings is 1. The number of aromatic nitrogens is 1. The molecule has 7 nitrogen and oxygen atoms in total. The van der Waals surface area contributed by atoms with E-state index in [0.29, 0.717) is 42.5 Å². The summed E-state index contributed by atoms with van der Waals surface area (Å²) in [5.74, 6) is 0.695. The molecule has 1 aromatic heterocycles. The highest BCUT2D eigenvalue weighted by Crippen LogP contribution is 2.29. The Balaban J connectivity index is 1.63. The first-order valence-corrected chi connectivity index (χ1v) is 10.9. The summed E-state index contributed by atoms with van der Waals surface area (Å²) in [5.41, 5.74) is 3.04. The predicted molar refractivity (Wildman–Crippen MR) is 127 cm³/mol. The Labute approximate surface area is 194 Å². The van der Waals surface area contributed by atoms with Crippen molar-refractivity contribution in [3.8, 4) is 11.5 Å². The highest BCUT2D eigenvalue weighted by Gasteiger charge is 2.13. The van der Waals surface area contributed by atoms with Crippen LogP contribution in [0.2, 0.25) is 0 Å². The maximum Gasteiger partial charge on any atom is 0.251 e. The standard InChI is InChI=1S/C26H29N3O4/c1-4-32-24-15-21(8-9-23(24)33-17-19-10-12-27-13-11-19)26(31)28-16-20-6-5-7-22(14-20)29-25(30)18(2)3/h5-15,18H,4,16-17H2,1-3H3,(H,28,31)(H,29,30). The Hall–Kier alpha value is -3.87. The van der Waals surface area contributed by atoms with E-state index in [0.717, 1.165) is 11.1 Å². The van der Waals surface area contributed by atoms with E-state index in [2.05, 4.69) is 15.6 Å². The number of nitrogens with zero attached hydrogens (tertiary/aromatic N) is 1. The van der Waals surface area contributed by atoms with Crippen LogP contribution in [0, 0.1) is 5.92 Å². The molecular weight excluding hydrogens is 418 g/mol. The zero-order chi connectivity index (χ0) is 23.6. The van der Waals surface area contributed by atoms with Crippen molar-refractivity contribution in [1.82, 2.24) is 10.3 Å². The minimum Gasteiger partial charge on any atom is -0.490 e. The molecule has 3 rings (SSSR count). The topological polar surface area (TPSA) is 89.6 Å². The van der Waals surface area contributed by atoms with Crippen LogP contribution >= 0.6 is 0 Å². The molecule has 2 N–H and O–H groups in total. The average molecular weight is 448 g/mol. The van der Waals surface area contributed by atoms with E-state index in [1.54, 1.807) is 30.6 Å². The summed E-state index contributed by atoms with van der Waals surface area (Å²) >= 11 is 0. The van der Waals surface area contributed by atoms with Crippen LogP contribution in [-0.2, 0) is 17.9 Å². The zero-order valence-corrected chi connectivity index (χ0v) is 19.1. The minimum atomic E-state index is -0.228. The summed E-state index contributed by atoms with van der Waals surface area (Å²) in [6.45, 7) is 6.71. The molecular formula is C26H29N3O4. The summed E-state index contributed by atoms with van der Waals surface area (Å²) in [6, 6.07) is 16.3. The third kappa shape index (κ3) is 7.07. The molecule has 0 aliphatic rings.